The van der Waals surface area contributed by atoms with Crippen molar-refractivity contribution < 1.29 is 18.7 Å². The third-order valence-electron chi connectivity index (χ3n) is 3.79. The number of carbonyl (C=O) groups is 1. The summed E-state index contributed by atoms with van der Waals surface area (Å²) in [4.78, 5) is 12.4. The Morgan fingerprint density at radius 3 is 2.62 bits per heavy atom. The Morgan fingerprint density at radius 2 is 1.92 bits per heavy atom. The Bertz CT molecular complexity index is 925. The molecule has 0 radical (unpaired) electrons. The number of aromatic nitrogens is 2. The molecular formula is C18H14ClF2N3O2. The second kappa shape index (κ2) is 7.63. The molecular weight excluding hydrogens is 364 g/mol. The maximum atomic E-state index is 14.0. The van der Waals surface area contributed by atoms with Gasteiger partial charge in [-0.25, -0.2) is 8.78 Å². The van der Waals surface area contributed by atoms with Crippen molar-refractivity contribution in [3.05, 3.63) is 76.4 Å². The molecule has 1 aromatic heterocycles. The van der Waals surface area contributed by atoms with Gasteiger partial charge in [0.2, 0.25) is 0 Å². The first-order valence-corrected chi connectivity index (χ1v) is 8.04. The minimum Gasteiger partial charge on any atom is -0.387 e. The largest absolute Gasteiger partial charge is 0.387 e. The Morgan fingerprint density at radius 1 is 1.23 bits per heavy atom. The van der Waals surface area contributed by atoms with Crippen molar-refractivity contribution in [2.24, 2.45) is 0 Å². The number of H-pyrrole nitrogens is 1. The second-order valence-corrected chi connectivity index (χ2v) is 5.97. The van der Waals surface area contributed by atoms with Crippen molar-refractivity contribution in [1.82, 2.24) is 15.5 Å². The van der Waals surface area contributed by atoms with Gasteiger partial charge in [0.25, 0.3) is 5.91 Å². The summed E-state index contributed by atoms with van der Waals surface area (Å²) in [6.07, 6.45) is 0.181. The van der Waals surface area contributed by atoms with E-state index in [1.165, 1.54) is 12.3 Å². The maximum Gasteiger partial charge on any atom is 0.255 e. The van der Waals surface area contributed by atoms with Gasteiger partial charge in [-0.2, -0.15) is 5.10 Å². The quantitative estimate of drug-likeness (QED) is 0.637. The summed E-state index contributed by atoms with van der Waals surface area (Å²) in [6.45, 7) is -0.108. The van der Waals surface area contributed by atoms with E-state index in [1.807, 2.05) is 0 Å². The SMILES string of the molecule is O=C(NC[C@@H](O)c1cccc(Cl)c1)c1cn[nH]c1-c1c(F)cccc1F. The summed E-state index contributed by atoms with van der Waals surface area (Å²) in [5.74, 6) is -2.26. The third kappa shape index (κ3) is 3.74. The van der Waals surface area contributed by atoms with Crippen molar-refractivity contribution in [3.8, 4) is 11.3 Å². The van der Waals surface area contributed by atoms with Crippen LogP contribution in [-0.4, -0.2) is 27.8 Å². The van der Waals surface area contributed by atoms with Gasteiger partial charge in [-0.3, -0.25) is 9.89 Å². The van der Waals surface area contributed by atoms with Gasteiger partial charge in [-0.05, 0) is 29.8 Å². The summed E-state index contributed by atoms with van der Waals surface area (Å²) in [5, 5.41) is 19.3. The zero-order chi connectivity index (χ0) is 18.7. The van der Waals surface area contributed by atoms with E-state index < -0.39 is 23.6 Å². The Labute approximate surface area is 152 Å². The average Bonchev–Trinajstić information content (AvgIpc) is 3.08. The Hall–Kier alpha value is -2.77. The first-order valence-electron chi connectivity index (χ1n) is 7.67. The number of rotatable bonds is 5. The van der Waals surface area contributed by atoms with Crippen LogP contribution < -0.4 is 5.32 Å². The molecule has 5 nitrogen and oxygen atoms in total. The molecule has 26 heavy (non-hydrogen) atoms. The van der Waals surface area contributed by atoms with Crippen LogP contribution in [0.1, 0.15) is 22.0 Å². The zero-order valence-corrected chi connectivity index (χ0v) is 14.1. The summed E-state index contributed by atoms with van der Waals surface area (Å²) >= 11 is 5.87. The fourth-order valence-electron chi connectivity index (χ4n) is 2.50. The number of benzene rings is 2. The molecule has 3 rings (SSSR count). The minimum atomic E-state index is -0.988. The van der Waals surface area contributed by atoms with Gasteiger partial charge in [-0.1, -0.05) is 29.8 Å². The average molecular weight is 378 g/mol. The van der Waals surface area contributed by atoms with Crippen LogP contribution in [0, 0.1) is 11.6 Å². The first-order chi connectivity index (χ1) is 12.5. The molecule has 1 heterocycles. The van der Waals surface area contributed by atoms with Crippen LogP contribution in [0.4, 0.5) is 8.78 Å². The highest BCUT2D eigenvalue weighted by Crippen LogP contribution is 2.27. The van der Waals surface area contributed by atoms with Gasteiger partial charge in [-0.15, -0.1) is 0 Å². The molecule has 0 aliphatic rings. The lowest BCUT2D eigenvalue weighted by atomic mass is 10.1. The number of amides is 1. The number of halogens is 3. The number of aliphatic hydroxyl groups excluding tert-OH is 1. The van der Waals surface area contributed by atoms with E-state index in [9.17, 15) is 18.7 Å². The molecule has 3 N–H and O–H groups in total. The van der Waals surface area contributed by atoms with Gasteiger partial charge < -0.3 is 10.4 Å². The smallest absolute Gasteiger partial charge is 0.255 e. The van der Waals surface area contributed by atoms with Crippen molar-refractivity contribution in [2.75, 3.05) is 6.54 Å². The summed E-state index contributed by atoms with van der Waals surface area (Å²) in [5.41, 5.74) is 0.0542. The van der Waals surface area contributed by atoms with Gasteiger partial charge in [0.1, 0.15) is 11.6 Å². The Balaban J connectivity index is 1.77. The van der Waals surface area contributed by atoms with Crippen LogP contribution in [0.5, 0.6) is 0 Å². The number of hydrogen-bond donors (Lipinski definition) is 3. The van der Waals surface area contributed by atoms with Crippen LogP contribution >= 0.6 is 11.6 Å². The van der Waals surface area contributed by atoms with Crippen molar-refractivity contribution in [1.29, 1.82) is 0 Å². The Kier molecular flexibility index (Phi) is 5.29. The van der Waals surface area contributed by atoms with E-state index in [2.05, 4.69) is 15.5 Å². The summed E-state index contributed by atoms with van der Waals surface area (Å²) in [6, 6.07) is 9.99. The highest BCUT2D eigenvalue weighted by Gasteiger charge is 2.21. The molecule has 0 spiro atoms. The minimum absolute atomic E-state index is 0.0349. The molecule has 3 aromatic rings. The van der Waals surface area contributed by atoms with Crippen LogP contribution in [0.15, 0.2) is 48.7 Å². The lowest BCUT2D eigenvalue weighted by Gasteiger charge is -2.13. The van der Waals surface area contributed by atoms with Crippen LogP contribution in [0.25, 0.3) is 11.3 Å². The lowest BCUT2D eigenvalue weighted by molar-refractivity contribution is 0.0917. The normalized spacial score (nSPS) is 12.0. The fourth-order valence-corrected chi connectivity index (χ4v) is 2.70. The summed E-state index contributed by atoms with van der Waals surface area (Å²) < 4.78 is 27.9. The van der Waals surface area contributed by atoms with Gasteiger partial charge >= 0.3 is 0 Å². The second-order valence-electron chi connectivity index (χ2n) is 5.54. The van der Waals surface area contributed by atoms with Gasteiger partial charge in [0.15, 0.2) is 0 Å². The number of aromatic amines is 1. The monoisotopic (exact) mass is 377 g/mol. The molecule has 1 atom stereocenters. The van der Waals surface area contributed by atoms with E-state index in [0.29, 0.717) is 10.6 Å². The van der Waals surface area contributed by atoms with Crippen molar-refractivity contribution in [2.45, 2.75) is 6.10 Å². The fraction of sp³-hybridized carbons (Fsp3) is 0.111. The molecule has 0 saturated heterocycles. The van der Waals surface area contributed by atoms with Crippen molar-refractivity contribution in [3.63, 3.8) is 0 Å². The predicted molar refractivity (Wildman–Crippen MR) is 92.7 cm³/mol. The highest BCUT2D eigenvalue weighted by molar-refractivity contribution is 6.30. The molecule has 1 amide bonds. The summed E-state index contributed by atoms with van der Waals surface area (Å²) in [7, 11) is 0. The van der Waals surface area contributed by atoms with Crippen LogP contribution in [-0.2, 0) is 0 Å². The number of carbonyl (C=O) groups excluding carboxylic acids is 1. The van der Waals surface area contributed by atoms with Crippen LogP contribution in [0.3, 0.4) is 0 Å². The zero-order valence-electron chi connectivity index (χ0n) is 13.3. The number of aliphatic hydroxyl groups is 1. The number of nitrogens with zero attached hydrogens (tertiary/aromatic N) is 1. The van der Waals surface area contributed by atoms with E-state index in [0.717, 1.165) is 12.1 Å². The molecule has 0 saturated carbocycles. The molecule has 0 aliphatic heterocycles. The lowest BCUT2D eigenvalue weighted by Crippen LogP contribution is -2.28. The predicted octanol–water partition coefficient (Wildman–Crippen LogP) is 3.47. The van der Waals surface area contributed by atoms with E-state index in [4.69, 9.17) is 11.6 Å². The number of hydrogen-bond acceptors (Lipinski definition) is 3. The van der Waals surface area contributed by atoms with E-state index in [1.54, 1.807) is 24.3 Å². The van der Waals surface area contributed by atoms with E-state index >= 15 is 0 Å². The molecule has 0 aliphatic carbocycles. The molecule has 8 heteroatoms. The van der Waals surface area contributed by atoms with E-state index in [-0.39, 0.29) is 23.4 Å². The standard InChI is InChI=1S/C18H14ClF2N3O2/c19-11-4-1-3-10(7-11)15(25)9-22-18(26)12-8-23-24-17(12)16-13(20)5-2-6-14(16)21/h1-8,15,25H,9H2,(H,22,26)(H,23,24)/t15-/m1/s1. The van der Waals surface area contributed by atoms with Crippen LogP contribution in [0.2, 0.25) is 5.02 Å². The van der Waals surface area contributed by atoms with Gasteiger partial charge in [0.05, 0.1) is 29.1 Å². The van der Waals surface area contributed by atoms with Gasteiger partial charge in [0, 0.05) is 11.6 Å². The third-order valence-corrected chi connectivity index (χ3v) is 4.02. The molecule has 0 fully saturated rings. The molecule has 134 valence electrons. The topological polar surface area (TPSA) is 78.0 Å². The molecule has 0 bridgehead atoms. The number of nitrogens with one attached hydrogen (secondary N) is 2. The highest BCUT2D eigenvalue weighted by atomic mass is 35.5. The molecule has 2 aromatic carbocycles. The maximum absolute atomic E-state index is 14.0. The molecule has 0 unspecified atom stereocenters. The van der Waals surface area contributed by atoms with Crippen molar-refractivity contribution >= 4 is 17.5 Å². The first kappa shape index (κ1) is 18.0.